The smallest absolute Gasteiger partial charge is 0.142 e. The summed E-state index contributed by atoms with van der Waals surface area (Å²) in [4.78, 5) is 4.63. The predicted octanol–water partition coefficient (Wildman–Crippen LogP) is 7.48. The van der Waals surface area contributed by atoms with E-state index in [4.69, 9.17) is 28.9 Å². The van der Waals surface area contributed by atoms with Crippen molar-refractivity contribution in [1.82, 2.24) is 4.98 Å². The molecular formula is C29H18Cl2N4. The molecule has 1 aliphatic carbocycles. The number of allylic oxidation sites excluding steroid dienone is 2. The summed E-state index contributed by atoms with van der Waals surface area (Å²) in [5.74, 6) is -0.137. The Morgan fingerprint density at radius 3 is 2.09 bits per heavy atom. The lowest BCUT2D eigenvalue weighted by Gasteiger charge is -2.31. The number of nitrogens with zero attached hydrogens (tertiary/aromatic N) is 3. The highest BCUT2D eigenvalue weighted by Gasteiger charge is 2.35. The SMILES string of the molecule is N#CC1=C(c2ccccc2)CC(c2ccc(Cl)c(Cl)c2)c2c1nc(N)c(C#N)c2-c1ccccc1. The zero-order valence-corrected chi connectivity index (χ0v) is 20.0. The van der Waals surface area contributed by atoms with E-state index in [9.17, 15) is 10.5 Å². The number of benzene rings is 3. The van der Waals surface area contributed by atoms with E-state index in [-0.39, 0.29) is 11.7 Å². The second-order valence-corrected chi connectivity index (χ2v) is 9.06. The van der Waals surface area contributed by atoms with Crippen LogP contribution in [0.3, 0.4) is 0 Å². The van der Waals surface area contributed by atoms with Gasteiger partial charge in [-0.2, -0.15) is 10.5 Å². The Balaban J connectivity index is 1.91. The summed E-state index contributed by atoms with van der Waals surface area (Å²) in [5, 5.41) is 21.3. The minimum atomic E-state index is -0.234. The van der Waals surface area contributed by atoms with Crippen LogP contribution in [0.2, 0.25) is 10.0 Å². The van der Waals surface area contributed by atoms with Crippen LogP contribution in [0.1, 0.15) is 40.3 Å². The normalized spacial score (nSPS) is 14.7. The summed E-state index contributed by atoms with van der Waals surface area (Å²) in [5.41, 5.74) is 12.6. The molecule has 1 unspecified atom stereocenters. The Hall–Kier alpha value is -4.09. The van der Waals surface area contributed by atoms with Crippen molar-refractivity contribution in [2.24, 2.45) is 0 Å². The van der Waals surface area contributed by atoms with Gasteiger partial charge in [-0.25, -0.2) is 4.98 Å². The van der Waals surface area contributed by atoms with E-state index < -0.39 is 0 Å². The predicted molar refractivity (Wildman–Crippen MR) is 141 cm³/mol. The number of rotatable bonds is 3. The van der Waals surface area contributed by atoms with Gasteiger partial charge in [0.25, 0.3) is 0 Å². The molecule has 35 heavy (non-hydrogen) atoms. The Morgan fingerprint density at radius 2 is 1.49 bits per heavy atom. The molecule has 5 rings (SSSR count). The van der Waals surface area contributed by atoms with Crippen LogP contribution in [-0.2, 0) is 0 Å². The molecule has 0 bridgehead atoms. The number of hydrogen-bond donors (Lipinski definition) is 1. The molecule has 1 aliphatic rings. The molecular weight excluding hydrogens is 475 g/mol. The summed E-state index contributed by atoms with van der Waals surface area (Å²) in [6.07, 6.45) is 0.522. The minimum absolute atomic E-state index is 0.0973. The fraction of sp³-hybridized carbons (Fsp3) is 0.0690. The zero-order chi connectivity index (χ0) is 24.5. The van der Waals surface area contributed by atoms with Crippen molar-refractivity contribution in [3.63, 3.8) is 0 Å². The molecule has 0 saturated carbocycles. The highest BCUT2D eigenvalue weighted by Crippen LogP contribution is 2.50. The molecule has 3 aromatic carbocycles. The number of aromatic nitrogens is 1. The fourth-order valence-electron chi connectivity index (χ4n) is 4.75. The van der Waals surface area contributed by atoms with Crippen molar-refractivity contribution in [2.75, 3.05) is 5.73 Å². The Bertz CT molecular complexity index is 1560. The molecule has 0 aliphatic heterocycles. The van der Waals surface area contributed by atoms with Gasteiger partial charge in [0.2, 0.25) is 0 Å². The largest absolute Gasteiger partial charge is 0.383 e. The van der Waals surface area contributed by atoms with Crippen molar-refractivity contribution in [3.8, 4) is 23.3 Å². The van der Waals surface area contributed by atoms with Gasteiger partial charge < -0.3 is 5.73 Å². The van der Waals surface area contributed by atoms with Gasteiger partial charge in [-0.3, -0.25) is 0 Å². The van der Waals surface area contributed by atoms with Crippen molar-refractivity contribution in [1.29, 1.82) is 10.5 Å². The number of nitrogen functional groups attached to an aromatic ring is 1. The summed E-state index contributed by atoms with van der Waals surface area (Å²) in [7, 11) is 0. The number of pyridine rings is 1. The summed E-state index contributed by atoms with van der Waals surface area (Å²) >= 11 is 12.7. The van der Waals surface area contributed by atoms with Crippen molar-refractivity contribution in [2.45, 2.75) is 12.3 Å². The van der Waals surface area contributed by atoms with Crippen LogP contribution in [0.4, 0.5) is 5.82 Å². The molecule has 168 valence electrons. The maximum Gasteiger partial charge on any atom is 0.142 e. The van der Waals surface area contributed by atoms with Gasteiger partial charge >= 0.3 is 0 Å². The first-order valence-electron chi connectivity index (χ1n) is 11.0. The third kappa shape index (κ3) is 3.94. The van der Waals surface area contributed by atoms with E-state index in [1.165, 1.54) is 0 Å². The third-order valence-corrected chi connectivity index (χ3v) is 7.05. The highest BCUT2D eigenvalue weighted by atomic mass is 35.5. The average Bonchev–Trinajstić information content (AvgIpc) is 2.89. The summed E-state index contributed by atoms with van der Waals surface area (Å²) < 4.78 is 0. The summed E-state index contributed by atoms with van der Waals surface area (Å²) in [6, 6.07) is 29.5. The Morgan fingerprint density at radius 1 is 0.829 bits per heavy atom. The molecule has 6 heteroatoms. The molecule has 0 fully saturated rings. The van der Waals surface area contributed by atoms with E-state index in [0.717, 1.165) is 27.8 Å². The number of nitriles is 2. The lowest BCUT2D eigenvalue weighted by atomic mass is 9.73. The Kier molecular flexibility index (Phi) is 6.01. The topological polar surface area (TPSA) is 86.5 Å². The van der Waals surface area contributed by atoms with E-state index in [1.807, 2.05) is 72.8 Å². The van der Waals surface area contributed by atoms with Crippen molar-refractivity contribution < 1.29 is 0 Å². The van der Waals surface area contributed by atoms with Gasteiger partial charge in [0.15, 0.2) is 0 Å². The molecule has 0 amide bonds. The van der Waals surface area contributed by atoms with E-state index in [0.29, 0.717) is 38.9 Å². The van der Waals surface area contributed by atoms with Crippen molar-refractivity contribution in [3.05, 3.63) is 117 Å². The molecule has 1 aromatic heterocycles. The molecule has 0 saturated heterocycles. The molecule has 2 N–H and O–H groups in total. The molecule has 4 nitrogen and oxygen atoms in total. The van der Waals surface area contributed by atoms with Gasteiger partial charge in [0, 0.05) is 11.5 Å². The first kappa shape index (κ1) is 22.7. The summed E-state index contributed by atoms with van der Waals surface area (Å²) in [6.45, 7) is 0. The lowest BCUT2D eigenvalue weighted by Crippen LogP contribution is -2.17. The molecule has 0 spiro atoms. The third-order valence-electron chi connectivity index (χ3n) is 6.31. The van der Waals surface area contributed by atoms with Crippen LogP contribution in [0, 0.1) is 22.7 Å². The highest BCUT2D eigenvalue weighted by molar-refractivity contribution is 6.42. The first-order valence-corrected chi connectivity index (χ1v) is 11.7. The van der Waals surface area contributed by atoms with E-state index in [1.54, 1.807) is 6.07 Å². The lowest BCUT2D eigenvalue weighted by molar-refractivity contribution is 0.821. The van der Waals surface area contributed by atoms with Crippen LogP contribution in [0.25, 0.3) is 22.3 Å². The number of fused-ring (bicyclic) bond motifs is 1. The van der Waals surface area contributed by atoms with Gasteiger partial charge in [0.1, 0.15) is 23.5 Å². The second-order valence-electron chi connectivity index (χ2n) is 8.25. The average molecular weight is 493 g/mol. The fourth-order valence-corrected chi connectivity index (χ4v) is 5.06. The number of nitrogens with two attached hydrogens (primary N) is 1. The number of halogens is 2. The van der Waals surface area contributed by atoms with Gasteiger partial charge in [-0.05, 0) is 46.4 Å². The molecule has 1 heterocycles. The van der Waals surface area contributed by atoms with Gasteiger partial charge in [0.05, 0.1) is 21.3 Å². The van der Waals surface area contributed by atoms with E-state index >= 15 is 0 Å². The molecule has 4 aromatic rings. The number of hydrogen-bond acceptors (Lipinski definition) is 4. The second kappa shape index (κ2) is 9.28. The van der Waals surface area contributed by atoms with Crippen LogP contribution in [0.15, 0.2) is 78.9 Å². The maximum atomic E-state index is 10.3. The van der Waals surface area contributed by atoms with Crippen LogP contribution >= 0.6 is 23.2 Å². The van der Waals surface area contributed by atoms with E-state index in [2.05, 4.69) is 17.1 Å². The molecule has 1 atom stereocenters. The maximum absolute atomic E-state index is 10.3. The first-order chi connectivity index (χ1) is 17.0. The van der Waals surface area contributed by atoms with Gasteiger partial charge in [-0.15, -0.1) is 0 Å². The zero-order valence-electron chi connectivity index (χ0n) is 18.5. The van der Waals surface area contributed by atoms with Crippen LogP contribution in [0.5, 0.6) is 0 Å². The van der Waals surface area contributed by atoms with Crippen molar-refractivity contribution >= 4 is 40.2 Å². The van der Waals surface area contributed by atoms with Crippen LogP contribution < -0.4 is 5.73 Å². The standard InChI is InChI=1S/C29H18Cl2N4/c30-24-12-11-19(13-25(24)31)21-14-20(17-7-3-1-4-8-17)22(15-32)28-27(21)26(18-9-5-2-6-10-18)23(16-33)29(34)35-28/h1-13,21H,14H2,(H2,34,35). The van der Waals surface area contributed by atoms with Gasteiger partial charge in [-0.1, -0.05) is 89.9 Å². The molecule has 0 radical (unpaired) electrons. The Labute approximate surface area is 213 Å². The minimum Gasteiger partial charge on any atom is -0.383 e. The van der Waals surface area contributed by atoms with Crippen LogP contribution in [-0.4, -0.2) is 4.98 Å². The monoisotopic (exact) mass is 492 g/mol. The number of anilines is 1. The quantitative estimate of drug-likeness (QED) is 0.321.